The van der Waals surface area contributed by atoms with Crippen molar-refractivity contribution in [1.29, 1.82) is 0 Å². The van der Waals surface area contributed by atoms with Crippen molar-refractivity contribution in [2.45, 2.75) is 38.5 Å². The van der Waals surface area contributed by atoms with E-state index in [1.165, 1.54) is 20.2 Å². The highest BCUT2D eigenvalue weighted by Crippen LogP contribution is 2.27. The van der Waals surface area contributed by atoms with Crippen molar-refractivity contribution in [1.82, 2.24) is 4.31 Å². The van der Waals surface area contributed by atoms with Gasteiger partial charge in [-0.2, -0.15) is 0 Å². The lowest BCUT2D eigenvalue weighted by Crippen LogP contribution is -2.23. The summed E-state index contributed by atoms with van der Waals surface area (Å²) in [6.45, 7) is 7.70. The fourth-order valence-electron chi connectivity index (χ4n) is 2.82. The zero-order valence-corrected chi connectivity index (χ0v) is 18.1. The van der Waals surface area contributed by atoms with Gasteiger partial charge in [0.15, 0.2) is 6.61 Å². The quantitative estimate of drug-likeness (QED) is 0.764. The van der Waals surface area contributed by atoms with E-state index in [2.05, 4.69) is 19.2 Å². The van der Waals surface area contributed by atoms with Gasteiger partial charge in [0.2, 0.25) is 10.0 Å². The number of ether oxygens (including phenoxy) is 1. The van der Waals surface area contributed by atoms with Crippen LogP contribution in [0.2, 0.25) is 0 Å². The lowest BCUT2D eigenvalue weighted by Gasteiger charge is -2.17. The predicted octanol–water partition coefficient (Wildman–Crippen LogP) is 3.69. The van der Waals surface area contributed by atoms with Gasteiger partial charge in [-0.15, -0.1) is 0 Å². The van der Waals surface area contributed by atoms with Crippen LogP contribution in [0.3, 0.4) is 0 Å². The monoisotopic (exact) mass is 404 g/mol. The Morgan fingerprint density at radius 3 is 2.36 bits per heavy atom. The molecule has 6 nitrogen and oxygen atoms in total. The number of para-hydroxylation sites is 1. The molecule has 28 heavy (non-hydrogen) atoms. The minimum atomic E-state index is -3.51. The number of rotatable bonds is 7. The Morgan fingerprint density at radius 2 is 1.79 bits per heavy atom. The van der Waals surface area contributed by atoms with Gasteiger partial charge in [0, 0.05) is 19.8 Å². The van der Waals surface area contributed by atoms with E-state index < -0.39 is 10.0 Å². The molecule has 0 saturated carbocycles. The molecule has 7 heteroatoms. The first-order chi connectivity index (χ1) is 13.0. The van der Waals surface area contributed by atoms with E-state index in [4.69, 9.17) is 4.74 Å². The van der Waals surface area contributed by atoms with Gasteiger partial charge in [0.05, 0.1) is 4.90 Å². The summed E-state index contributed by atoms with van der Waals surface area (Å²) in [5.41, 5.74) is 3.53. The minimum absolute atomic E-state index is 0.160. The molecule has 1 N–H and O–H groups in total. The molecule has 0 heterocycles. The minimum Gasteiger partial charge on any atom is -0.483 e. The first-order valence-corrected chi connectivity index (χ1v) is 10.5. The highest BCUT2D eigenvalue weighted by atomic mass is 32.2. The van der Waals surface area contributed by atoms with Crippen LogP contribution in [0.4, 0.5) is 5.69 Å². The third kappa shape index (κ3) is 4.91. The van der Waals surface area contributed by atoms with E-state index in [0.717, 1.165) is 21.1 Å². The van der Waals surface area contributed by atoms with Crippen LogP contribution in [0.5, 0.6) is 5.75 Å². The molecule has 1 amide bonds. The van der Waals surface area contributed by atoms with E-state index >= 15 is 0 Å². The maximum absolute atomic E-state index is 12.4. The summed E-state index contributed by atoms with van der Waals surface area (Å²) in [5, 5.41) is 2.93. The van der Waals surface area contributed by atoms with Gasteiger partial charge in [-0.05, 0) is 54.7 Å². The summed E-state index contributed by atoms with van der Waals surface area (Å²) >= 11 is 0. The zero-order valence-electron chi connectivity index (χ0n) is 17.2. The molecule has 152 valence electrons. The van der Waals surface area contributed by atoms with E-state index in [9.17, 15) is 13.2 Å². The number of amides is 1. The van der Waals surface area contributed by atoms with Crippen LogP contribution in [0, 0.1) is 13.8 Å². The normalized spacial score (nSPS) is 11.7. The van der Waals surface area contributed by atoms with Crippen molar-refractivity contribution in [2.75, 3.05) is 26.0 Å². The third-order valence-electron chi connectivity index (χ3n) is 4.48. The number of hydrogen-bond donors (Lipinski definition) is 1. The van der Waals surface area contributed by atoms with Gasteiger partial charge in [-0.25, -0.2) is 12.7 Å². The molecule has 0 saturated heterocycles. The number of anilines is 1. The second-order valence-corrected chi connectivity index (χ2v) is 9.40. The van der Waals surface area contributed by atoms with Gasteiger partial charge in [-0.3, -0.25) is 4.79 Å². The summed E-state index contributed by atoms with van der Waals surface area (Å²) in [6, 6.07) is 10.5. The first-order valence-electron chi connectivity index (χ1n) is 9.09. The molecule has 0 radical (unpaired) electrons. The number of nitrogens with zero attached hydrogens (tertiary/aromatic N) is 1. The van der Waals surface area contributed by atoms with Crippen LogP contribution in [0.25, 0.3) is 0 Å². The Labute approximate surface area is 167 Å². The second kappa shape index (κ2) is 8.75. The number of nitrogens with one attached hydrogen (secondary N) is 1. The highest BCUT2D eigenvalue weighted by molar-refractivity contribution is 7.89. The predicted molar refractivity (Wildman–Crippen MR) is 111 cm³/mol. The molecular formula is C21H28N2O4S. The molecule has 0 fully saturated rings. The summed E-state index contributed by atoms with van der Waals surface area (Å²) in [7, 11) is -0.542. The van der Waals surface area contributed by atoms with Crippen LogP contribution >= 0.6 is 0 Å². The molecule has 0 aliphatic carbocycles. The zero-order chi connectivity index (χ0) is 21.1. The Morgan fingerprint density at radius 1 is 1.11 bits per heavy atom. The first kappa shape index (κ1) is 21.9. The average molecular weight is 405 g/mol. The number of hydrogen-bond acceptors (Lipinski definition) is 4. The van der Waals surface area contributed by atoms with E-state index in [1.807, 2.05) is 25.1 Å². The molecule has 0 unspecified atom stereocenters. The van der Waals surface area contributed by atoms with Crippen LogP contribution in [-0.2, 0) is 14.8 Å². The van der Waals surface area contributed by atoms with E-state index in [-0.39, 0.29) is 23.3 Å². The highest BCUT2D eigenvalue weighted by Gasteiger charge is 2.18. The van der Waals surface area contributed by atoms with Crippen molar-refractivity contribution in [3.05, 3.63) is 53.1 Å². The smallest absolute Gasteiger partial charge is 0.262 e. The fourth-order valence-corrected chi connectivity index (χ4v) is 3.80. The topological polar surface area (TPSA) is 75.7 Å². The molecule has 2 aromatic rings. The van der Waals surface area contributed by atoms with Gasteiger partial charge in [0.1, 0.15) is 5.75 Å². The lowest BCUT2D eigenvalue weighted by molar-refractivity contribution is -0.118. The summed E-state index contributed by atoms with van der Waals surface area (Å²) in [5.74, 6) is 0.492. The number of sulfonamides is 1. The van der Waals surface area contributed by atoms with Gasteiger partial charge in [-0.1, -0.05) is 32.0 Å². The number of carbonyl (C=O) groups excluding carboxylic acids is 1. The average Bonchev–Trinajstić information content (AvgIpc) is 2.61. The Kier molecular flexibility index (Phi) is 6.85. The summed E-state index contributed by atoms with van der Waals surface area (Å²) in [4.78, 5) is 12.6. The third-order valence-corrected chi connectivity index (χ3v) is 6.29. The van der Waals surface area contributed by atoms with Crippen molar-refractivity contribution in [3.8, 4) is 5.75 Å². The molecule has 0 atom stereocenters. The largest absolute Gasteiger partial charge is 0.483 e. The molecule has 0 aromatic heterocycles. The summed E-state index contributed by atoms with van der Waals surface area (Å²) in [6.07, 6.45) is 0. The Hall–Kier alpha value is -2.38. The van der Waals surface area contributed by atoms with Crippen molar-refractivity contribution in [3.63, 3.8) is 0 Å². The lowest BCUT2D eigenvalue weighted by atomic mass is 9.98. The fraction of sp³-hybridized carbons (Fsp3) is 0.381. The molecule has 0 aliphatic heterocycles. The Balaban J connectivity index is 2.10. The maximum atomic E-state index is 12.4. The van der Waals surface area contributed by atoms with Gasteiger partial charge in [0.25, 0.3) is 5.91 Å². The van der Waals surface area contributed by atoms with E-state index in [1.54, 1.807) is 19.1 Å². The molecule has 2 rings (SSSR count). The van der Waals surface area contributed by atoms with Crippen molar-refractivity contribution in [2.24, 2.45) is 0 Å². The second-order valence-electron chi connectivity index (χ2n) is 7.25. The van der Waals surface area contributed by atoms with Gasteiger partial charge >= 0.3 is 0 Å². The van der Waals surface area contributed by atoms with E-state index in [0.29, 0.717) is 11.3 Å². The van der Waals surface area contributed by atoms with Crippen LogP contribution in [0.15, 0.2) is 41.3 Å². The molecule has 0 aliphatic rings. The summed E-state index contributed by atoms with van der Waals surface area (Å²) < 4.78 is 31.2. The van der Waals surface area contributed by atoms with Crippen molar-refractivity contribution < 1.29 is 17.9 Å². The molecule has 0 spiro atoms. The number of carbonyl (C=O) groups is 1. The number of benzene rings is 2. The van der Waals surface area contributed by atoms with Crippen LogP contribution in [0.1, 0.15) is 36.5 Å². The standard InChI is InChI=1S/C21H28N2O4S/c1-14(2)18-9-7-8-15(3)21(18)22-20(24)13-27-19-11-10-17(12-16(19)4)28(25,26)23(5)6/h7-12,14H,13H2,1-6H3,(H,22,24). The van der Waals surface area contributed by atoms with Crippen LogP contribution < -0.4 is 10.1 Å². The van der Waals surface area contributed by atoms with Gasteiger partial charge < -0.3 is 10.1 Å². The van der Waals surface area contributed by atoms with Crippen LogP contribution in [-0.4, -0.2) is 39.3 Å². The maximum Gasteiger partial charge on any atom is 0.262 e. The molecule has 0 bridgehead atoms. The molecular weight excluding hydrogens is 376 g/mol. The van der Waals surface area contributed by atoms with Crippen molar-refractivity contribution >= 4 is 21.6 Å². The number of aryl methyl sites for hydroxylation is 2. The Bertz CT molecular complexity index is 966. The SMILES string of the molecule is Cc1cc(S(=O)(=O)N(C)C)ccc1OCC(=O)Nc1c(C)cccc1C(C)C. The molecule has 2 aromatic carbocycles.